The van der Waals surface area contributed by atoms with Crippen molar-refractivity contribution in [1.82, 2.24) is 20.1 Å². The third-order valence-corrected chi connectivity index (χ3v) is 5.62. The van der Waals surface area contributed by atoms with Crippen LogP contribution in [0.1, 0.15) is 24.3 Å². The number of nitrogens with one attached hydrogen (secondary N) is 1. The Balaban J connectivity index is 1.48. The molecule has 1 N–H and O–H groups in total. The van der Waals surface area contributed by atoms with Crippen LogP contribution in [0.3, 0.4) is 0 Å². The first kappa shape index (κ1) is 20.0. The fraction of sp³-hybridized carbons (Fsp3) is 0.174. The zero-order valence-corrected chi connectivity index (χ0v) is 17.4. The van der Waals surface area contributed by atoms with E-state index in [0.717, 1.165) is 22.7 Å². The highest BCUT2D eigenvalue weighted by Gasteiger charge is 2.17. The molecule has 0 aliphatic carbocycles. The number of aromatic nitrogens is 3. The summed E-state index contributed by atoms with van der Waals surface area (Å²) in [7, 11) is 0. The van der Waals surface area contributed by atoms with Crippen LogP contribution in [0, 0.1) is 0 Å². The van der Waals surface area contributed by atoms with Crippen molar-refractivity contribution in [3.63, 3.8) is 0 Å². The third-order valence-electron chi connectivity index (χ3n) is 4.65. The van der Waals surface area contributed by atoms with Crippen molar-refractivity contribution < 1.29 is 9.21 Å². The molecule has 1 amide bonds. The van der Waals surface area contributed by atoms with Crippen LogP contribution in [-0.2, 0) is 11.3 Å². The van der Waals surface area contributed by atoms with Gasteiger partial charge in [-0.15, -0.1) is 10.2 Å². The van der Waals surface area contributed by atoms with E-state index in [0.29, 0.717) is 11.7 Å². The molecule has 4 aromatic rings. The van der Waals surface area contributed by atoms with Gasteiger partial charge >= 0.3 is 0 Å². The molecule has 1 atom stereocenters. The van der Waals surface area contributed by atoms with E-state index >= 15 is 0 Å². The highest BCUT2D eigenvalue weighted by molar-refractivity contribution is 7.99. The van der Waals surface area contributed by atoms with Crippen molar-refractivity contribution in [3.8, 4) is 11.4 Å². The van der Waals surface area contributed by atoms with Crippen molar-refractivity contribution in [2.75, 3.05) is 5.75 Å². The lowest BCUT2D eigenvalue weighted by molar-refractivity contribution is -0.119. The molecule has 0 bridgehead atoms. The summed E-state index contributed by atoms with van der Waals surface area (Å²) in [5, 5.41) is 12.4. The second-order valence-corrected chi connectivity index (χ2v) is 7.77. The lowest BCUT2D eigenvalue weighted by Crippen LogP contribution is -2.28. The molecule has 152 valence electrons. The van der Waals surface area contributed by atoms with Gasteiger partial charge in [-0.05, 0) is 24.6 Å². The Labute approximate surface area is 179 Å². The van der Waals surface area contributed by atoms with Crippen LogP contribution in [0.4, 0.5) is 0 Å². The summed E-state index contributed by atoms with van der Waals surface area (Å²) in [5.41, 5.74) is 2.04. The quantitative estimate of drug-likeness (QED) is 0.425. The van der Waals surface area contributed by atoms with Gasteiger partial charge < -0.3 is 9.73 Å². The Kier molecular flexibility index (Phi) is 6.29. The van der Waals surface area contributed by atoms with Crippen LogP contribution in [0.15, 0.2) is 88.6 Å². The SMILES string of the molecule is C[C@H](NC(=O)CSc1nnc(-c2ccccc2)n1Cc1ccco1)c1ccccc1. The Bertz CT molecular complexity index is 1080. The maximum atomic E-state index is 12.5. The van der Waals surface area contributed by atoms with Gasteiger partial charge in [0.2, 0.25) is 5.91 Å². The summed E-state index contributed by atoms with van der Waals surface area (Å²) in [6.45, 7) is 2.47. The largest absolute Gasteiger partial charge is 0.467 e. The average Bonchev–Trinajstić information content (AvgIpc) is 3.44. The second kappa shape index (κ2) is 9.45. The Hall–Kier alpha value is -3.32. The molecule has 4 rings (SSSR count). The lowest BCUT2D eigenvalue weighted by atomic mass is 10.1. The van der Waals surface area contributed by atoms with E-state index in [1.165, 1.54) is 11.8 Å². The normalized spacial score (nSPS) is 11.9. The maximum Gasteiger partial charge on any atom is 0.230 e. The van der Waals surface area contributed by atoms with Crippen molar-refractivity contribution in [1.29, 1.82) is 0 Å². The van der Waals surface area contributed by atoms with E-state index in [1.54, 1.807) is 6.26 Å². The number of hydrogen-bond donors (Lipinski definition) is 1. The first-order valence-electron chi connectivity index (χ1n) is 9.69. The van der Waals surface area contributed by atoms with E-state index in [-0.39, 0.29) is 17.7 Å². The summed E-state index contributed by atoms with van der Waals surface area (Å²) in [6.07, 6.45) is 1.65. The van der Waals surface area contributed by atoms with Crippen LogP contribution in [0.25, 0.3) is 11.4 Å². The van der Waals surface area contributed by atoms with E-state index in [4.69, 9.17) is 4.42 Å². The van der Waals surface area contributed by atoms with E-state index in [2.05, 4.69) is 15.5 Å². The van der Waals surface area contributed by atoms with Gasteiger partial charge in [0.05, 0.1) is 24.6 Å². The van der Waals surface area contributed by atoms with Gasteiger partial charge in [-0.1, -0.05) is 72.4 Å². The number of rotatable bonds is 8. The summed E-state index contributed by atoms with van der Waals surface area (Å²) >= 11 is 1.37. The van der Waals surface area contributed by atoms with Crippen LogP contribution >= 0.6 is 11.8 Å². The molecule has 0 saturated carbocycles. The first-order chi connectivity index (χ1) is 14.7. The van der Waals surface area contributed by atoms with Crippen molar-refractivity contribution >= 4 is 17.7 Å². The van der Waals surface area contributed by atoms with Crippen LogP contribution in [-0.4, -0.2) is 26.4 Å². The van der Waals surface area contributed by atoms with Gasteiger partial charge in [-0.2, -0.15) is 0 Å². The van der Waals surface area contributed by atoms with Crippen molar-refractivity contribution in [2.45, 2.75) is 24.7 Å². The number of benzene rings is 2. The van der Waals surface area contributed by atoms with Crippen LogP contribution in [0.2, 0.25) is 0 Å². The number of amides is 1. The number of nitrogens with zero attached hydrogens (tertiary/aromatic N) is 3. The Morgan fingerprint density at radius 3 is 2.47 bits per heavy atom. The minimum Gasteiger partial charge on any atom is -0.467 e. The van der Waals surface area contributed by atoms with E-state index in [1.807, 2.05) is 84.3 Å². The van der Waals surface area contributed by atoms with Crippen molar-refractivity contribution in [3.05, 3.63) is 90.4 Å². The topological polar surface area (TPSA) is 73.0 Å². The van der Waals surface area contributed by atoms with Gasteiger partial charge in [-0.3, -0.25) is 9.36 Å². The minimum atomic E-state index is -0.0554. The zero-order valence-electron chi connectivity index (χ0n) is 16.6. The number of furan rings is 1. The molecular formula is C23H22N4O2S. The van der Waals surface area contributed by atoms with Gasteiger partial charge in [0.1, 0.15) is 5.76 Å². The van der Waals surface area contributed by atoms with Crippen LogP contribution < -0.4 is 5.32 Å². The summed E-state index contributed by atoms with van der Waals surface area (Å²) in [5.74, 6) is 1.75. The summed E-state index contributed by atoms with van der Waals surface area (Å²) in [4.78, 5) is 12.5. The highest BCUT2D eigenvalue weighted by atomic mass is 32.2. The number of carbonyl (C=O) groups excluding carboxylic acids is 1. The number of thioether (sulfide) groups is 1. The molecule has 0 spiro atoms. The van der Waals surface area contributed by atoms with Crippen LogP contribution in [0.5, 0.6) is 0 Å². The lowest BCUT2D eigenvalue weighted by Gasteiger charge is -2.14. The van der Waals surface area contributed by atoms with Gasteiger partial charge in [0.25, 0.3) is 0 Å². The monoisotopic (exact) mass is 418 g/mol. The number of hydrogen-bond acceptors (Lipinski definition) is 5. The molecule has 7 heteroatoms. The molecule has 0 fully saturated rings. The molecule has 0 radical (unpaired) electrons. The van der Waals surface area contributed by atoms with E-state index in [9.17, 15) is 4.79 Å². The fourth-order valence-corrected chi connectivity index (χ4v) is 3.88. The number of carbonyl (C=O) groups is 1. The Morgan fingerprint density at radius 2 is 1.77 bits per heavy atom. The second-order valence-electron chi connectivity index (χ2n) is 6.83. The van der Waals surface area contributed by atoms with Gasteiger partial charge in [0, 0.05) is 5.56 Å². The van der Waals surface area contributed by atoms with Crippen molar-refractivity contribution in [2.24, 2.45) is 0 Å². The average molecular weight is 419 g/mol. The molecule has 0 unspecified atom stereocenters. The maximum absolute atomic E-state index is 12.5. The van der Waals surface area contributed by atoms with E-state index < -0.39 is 0 Å². The summed E-state index contributed by atoms with van der Waals surface area (Å²) in [6, 6.07) is 23.5. The molecule has 2 aromatic heterocycles. The Morgan fingerprint density at radius 1 is 1.03 bits per heavy atom. The predicted molar refractivity (Wildman–Crippen MR) is 117 cm³/mol. The summed E-state index contributed by atoms with van der Waals surface area (Å²) < 4.78 is 7.49. The smallest absolute Gasteiger partial charge is 0.230 e. The highest BCUT2D eigenvalue weighted by Crippen LogP contribution is 2.25. The third kappa shape index (κ3) is 4.80. The molecule has 0 aliphatic heterocycles. The zero-order chi connectivity index (χ0) is 20.8. The minimum absolute atomic E-state index is 0.0508. The standard InChI is InChI=1S/C23H22N4O2S/c1-17(18-9-4-2-5-10-18)24-21(28)16-30-23-26-25-22(19-11-6-3-7-12-19)27(23)15-20-13-8-14-29-20/h2-14,17H,15-16H2,1H3,(H,24,28)/t17-/m0/s1. The molecule has 6 nitrogen and oxygen atoms in total. The molecule has 0 aliphatic rings. The van der Waals surface area contributed by atoms with Gasteiger partial charge in [0.15, 0.2) is 11.0 Å². The molecule has 30 heavy (non-hydrogen) atoms. The molecular weight excluding hydrogens is 396 g/mol. The fourth-order valence-electron chi connectivity index (χ4n) is 3.14. The molecule has 0 saturated heterocycles. The molecule has 2 aromatic carbocycles. The first-order valence-corrected chi connectivity index (χ1v) is 10.7. The van der Waals surface area contributed by atoms with Gasteiger partial charge in [-0.25, -0.2) is 0 Å². The molecule has 2 heterocycles. The predicted octanol–water partition coefficient (Wildman–Crippen LogP) is 4.56.